The average Bonchev–Trinajstić information content (AvgIpc) is 3.08. The normalized spacial score (nSPS) is 21.6. The number of amides is 1. The van der Waals surface area contributed by atoms with Crippen molar-refractivity contribution in [2.45, 2.75) is 30.7 Å². The third-order valence-electron chi connectivity index (χ3n) is 3.32. The van der Waals surface area contributed by atoms with Crippen molar-refractivity contribution in [3.8, 4) is 0 Å². The maximum atomic E-state index is 14.1. The molecule has 1 aliphatic carbocycles. The van der Waals surface area contributed by atoms with Crippen LogP contribution in [0.4, 0.5) is 4.39 Å². The SMILES string of the molecule is CCC1CC1NC(=O)c1cc(Cl)cc(S(N)(=O)=O)c1F. The van der Waals surface area contributed by atoms with Crippen molar-refractivity contribution in [3.05, 3.63) is 28.5 Å². The number of nitrogens with one attached hydrogen (secondary N) is 1. The van der Waals surface area contributed by atoms with Crippen LogP contribution in [0.25, 0.3) is 0 Å². The fourth-order valence-electron chi connectivity index (χ4n) is 2.06. The van der Waals surface area contributed by atoms with Crippen molar-refractivity contribution in [1.29, 1.82) is 0 Å². The molecule has 0 aromatic heterocycles. The van der Waals surface area contributed by atoms with E-state index in [2.05, 4.69) is 5.32 Å². The van der Waals surface area contributed by atoms with Crippen molar-refractivity contribution in [1.82, 2.24) is 5.32 Å². The lowest BCUT2D eigenvalue weighted by Crippen LogP contribution is -2.28. The summed E-state index contributed by atoms with van der Waals surface area (Å²) in [6, 6.07) is 1.97. The largest absolute Gasteiger partial charge is 0.349 e. The molecule has 1 aliphatic rings. The van der Waals surface area contributed by atoms with Gasteiger partial charge in [-0.25, -0.2) is 17.9 Å². The van der Waals surface area contributed by atoms with Crippen molar-refractivity contribution in [2.24, 2.45) is 11.1 Å². The van der Waals surface area contributed by atoms with Gasteiger partial charge in [0.2, 0.25) is 10.0 Å². The lowest BCUT2D eigenvalue weighted by molar-refractivity contribution is 0.0944. The van der Waals surface area contributed by atoms with Gasteiger partial charge in [-0.15, -0.1) is 0 Å². The molecule has 0 heterocycles. The quantitative estimate of drug-likeness (QED) is 0.884. The Bertz CT molecular complexity index is 663. The van der Waals surface area contributed by atoms with E-state index < -0.39 is 32.2 Å². The number of nitrogens with two attached hydrogens (primary N) is 1. The first-order chi connectivity index (χ1) is 9.24. The number of rotatable bonds is 4. The Morgan fingerprint density at radius 1 is 1.55 bits per heavy atom. The third kappa shape index (κ3) is 3.11. The number of hydrogen-bond donors (Lipinski definition) is 2. The third-order valence-corrected chi connectivity index (χ3v) is 4.45. The maximum absolute atomic E-state index is 14.1. The highest BCUT2D eigenvalue weighted by molar-refractivity contribution is 7.89. The van der Waals surface area contributed by atoms with Crippen LogP contribution >= 0.6 is 11.6 Å². The lowest BCUT2D eigenvalue weighted by atomic mass is 10.2. The minimum atomic E-state index is -4.28. The van der Waals surface area contributed by atoms with Gasteiger partial charge in [0.05, 0.1) is 5.56 Å². The van der Waals surface area contributed by atoms with Crippen LogP contribution in [-0.2, 0) is 10.0 Å². The number of carbonyl (C=O) groups excluding carboxylic acids is 1. The zero-order valence-corrected chi connectivity index (χ0v) is 12.3. The lowest BCUT2D eigenvalue weighted by Gasteiger charge is -2.09. The fourth-order valence-corrected chi connectivity index (χ4v) is 2.99. The van der Waals surface area contributed by atoms with Gasteiger partial charge >= 0.3 is 0 Å². The summed E-state index contributed by atoms with van der Waals surface area (Å²) in [5.41, 5.74) is -0.414. The molecule has 0 bridgehead atoms. The molecule has 0 spiro atoms. The van der Waals surface area contributed by atoms with E-state index in [-0.39, 0.29) is 11.1 Å². The molecule has 1 fully saturated rings. The van der Waals surface area contributed by atoms with Crippen LogP contribution < -0.4 is 10.5 Å². The summed E-state index contributed by atoms with van der Waals surface area (Å²) in [6.07, 6.45) is 1.76. The number of benzene rings is 1. The zero-order valence-electron chi connectivity index (χ0n) is 10.7. The van der Waals surface area contributed by atoms with Gasteiger partial charge in [-0.05, 0) is 24.5 Å². The molecule has 2 rings (SSSR count). The molecule has 2 unspecified atom stereocenters. The van der Waals surface area contributed by atoms with Crippen molar-refractivity contribution >= 4 is 27.5 Å². The Balaban J connectivity index is 2.32. The van der Waals surface area contributed by atoms with Crippen LogP contribution in [0.15, 0.2) is 17.0 Å². The van der Waals surface area contributed by atoms with Crippen molar-refractivity contribution in [3.63, 3.8) is 0 Å². The van der Waals surface area contributed by atoms with Crippen LogP contribution in [0.2, 0.25) is 5.02 Å². The van der Waals surface area contributed by atoms with E-state index in [4.69, 9.17) is 16.7 Å². The van der Waals surface area contributed by atoms with E-state index in [1.807, 2.05) is 6.92 Å². The van der Waals surface area contributed by atoms with Crippen LogP contribution in [0.1, 0.15) is 30.1 Å². The molecule has 2 atom stereocenters. The van der Waals surface area contributed by atoms with Gasteiger partial charge in [-0.3, -0.25) is 4.79 Å². The van der Waals surface area contributed by atoms with Gasteiger partial charge in [0.15, 0.2) is 5.82 Å². The molecule has 1 saturated carbocycles. The zero-order chi connectivity index (χ0) is 15.1. The van der Waals surface area contributed by atoms with E-state index >= 15 is 0 Å². The van der Waals surface area contributed by atoms with Gasteiger partial charge in [0.25, 0.3) is 5.91 Å². The Kier molecular flexibility index (Phi) is 4.04. The van der Waals surface area contributed by atoms with E-state index in [0.717, 1.165) is 25.0 Å². The molecule has 0 radical (unpaired) electrons. The minimum Gasteiger partial charge on any atom is -0.349 e. The molecule has 8 heteroatoms. The second-order valence-electron chi connectivity index (χ2n) is 4.79. The van der Waals surface area contributed by atoms with Crippen LogP contribution in [-0.4, -0.2) is 20.4 Å². The highest BCUT2D eigenvalue weighted by Gasteiger charge is 2.37. The highest BCUT2D eigenvalue weighted by Crippen LogP contribution is 2.33. The number of halogens is 2. The van der Waals surface area contributed by atoms with E-state index in [9.17, 15) is 17.6 Å². The number of primary sulfonamides is 1. The van der Waals surface area contributed by atoms with Gasteiger partial charge in [-0.2, -0.15) is 0 Å². The Morgan fingerprint density at radius 3 is 2.70 bits per heavy atom. The smallest absolute Gasteiger partial charge is 0.254 e. The van der Waals surface area contributed by atoms with E-state index in [1.54, 1.807) is 0 Å². The van der Waals surface area contributed by atoms with E-state index in [1.165, 1.54) is 0 Å². The molecule has 5 nitrogen and oxygen atoms in total. The Morgan fingerprint density at radius 2 is 2.20 bits per heavy atom. The predicted molar refractivity (Wildman–Crippen MR) is 72.4 cm³/mol. The average molecular weight is 321 g/mol. The number of hydrogen-bond acceptors (Lipinski definition) is 3. The first kappa shape index (κ1) is 15.2. The van der Waals surface area contributed by atoms with Crippen molar-refractivity contribution in [2.75, 3.05) is 0 Å². The summed E-state index contributed by atoms with van der Waals surface area (Å²) in [4.78, 5) is 11.2. The van der Waals surface area contributed by atoms with E-state index in [0.29, 0.717) is 5.92 Å². The summed E-state index contributed by atoms with van der Waals surface area (Å²) in [5.74, 6) is -1.47. The summed E-state index contributed by atoms with van der Waals surface area (Å²) >= 11 is 5.71. The van der Waals surface area contributed by atoms with Crippen LogP contribution in [0, 0.1) is 11.7 Å². The molecule has 110 valence electrons. The first-order valence-electron chi connectivity index (χ1n) is 6.06. The topological polar surface area (TPSA) is 89.3 Å². The molecular formula is C12H14ClFN2O3S. The maximum Gasteiger partial charge on any atom is 0.254 e. The summed E-state index contributed by atoms with van der Waals surface area (Å²) < 4.78 is 36.6. The molecule has 1 aromatic carbocycles. The second kappa shape index (κ2) is 5.31. The fraction of sp³-hybridized carbons (Fsp3) is 0.417. The van der Waals surface area contributed by atoms with Gasteiger partial charge in [0.1, 0.15) is 4.90 Å². The van der Waals surface area contributed by atoms with Crippen LogP contribution in [0.5, 0.6) is 0 Å². The summed E-state index contributed by atoms with van der Waals surface area (Å²) in [7, 11) is -4.28. The highest BCUT2D eigenvalue weighted by atomic mass is 35.5. The van der Waals surface area contributed by atoms with Gasteiger partial charge < -0.3 is 5.32 Å². The first-order valence-corrected chi connectivity index (χ1v) is 7.99. The Labute approximate surface area is 121 Å². The number of carbonyl (C=O) groups is 1. The molecule has 1 amide bonds. The summed E-state index contributed by atoms with van der Waals surface area (Å²) in [5, 5.41) is 7.47. The minimum absolute atomic E-state index is 0.00353. The summed E-state index contributed by atoms with van der Waals surface area (Å²) in [6.45, 7) is 2.00. The van der Waals surface area contributed by atoms with Gasteiger partial charge in [-0.1, -0.05) is 24.9 Å². The molecule has 1 aromatic rings. The predicted octanol–water partition coefficient (Wildman–Crippen LogP) is 1.65. The molecule has 0 saturated heterocycles. The number of sulfonamides is 1. The monoisotopic (exact) mass is 320 g/mol. The second-order valence-corrected chi connectivity index (χ2v) is 6.76. The van der Waals surface area contributed by atoms with Crippen molar-refractivity contribution < 1.29 is 17.6 Å². The Hall–Kier alpha value is -1.18. The molecule has 0 aliphatic heterocycles. The standard InChI is InChI=1S/C12H14ClFN2O3S/c1-2-6-3-9(6)16-12(17)8-4-7(13)5-10(11(8)14)20(15,18)19/h4-6,9H,2-3H2,1H3,(H,16,17)(H2,15,18,19). The molecule has 20 heavy (non-hydrogen) atoms. The molecule has 3 N–H and O–H groups in total. The molecular weight excluding hydrogens is 307 g/mol. The van der Waals surface area contributed by atoms with Crippen LogP contribution in [0.3, 0.4) is 0 Å². The van der Waals surface area contributed by atoms with Gasteiger partial charge in [0, 0.05) is 11.1 Å².